The number of rotatable bonds is 5. The number of piperidine rings is 1. The van der Waals surface area contributed by atoms with Gasteiger partial charge in [-0.1, -0.05) is 53.7 Å². The highest BCUT2D eigenvalue weighted by Gasteiger charge is 2.33. The van der Waals surface area contributed by atoms with Crippen LogP contribution >= 0.6 is 0 Å². The molecule has 3 aromatic carbocycles. The van der Waals surface area contributed by atoms with E-state index in [2.05, 4.69) is 20.3 Å². The number of nitrogens with zero attached hydrogens (tertiary/aromatic N) is 5. The Kier molecular flexibility index (Phi) is 5.81. The van der Waals surface area contributed by atoms with Crippen LogP contribution < -0.4 is 5.56 Å². The van der Waals surface area contributed by atoms with E-state index in [1.807, 2.05) is 30.3 Å². The number of aromatic nitrogens is 5. The number of fused-ring (bicyclic) bond motifs is 2. The van der Waals surface area contributed by atoms with Gasteiger partial charge in [-0.3, -0.25) is 4.79 Å². The Morgan fingerprint density at radius 1 is 1.03 bits per heavy atom. The Morgan fingerprint density at radius 3 is 2.65 bits per heavy atom. The molecule has 0 bridgehead atoms. The average molecular weight is 519 g/mol. The Bertz CT molecular complexity index is 1780. The lowest BCUT2D eigenvalue weighted by atomic mass is 9.99. The van der Waals surface area contributed by atoms with Crippen molar-refractivity contribution >= 4 is 32.0 Å². The molecule has 6 rings (SSSR count). The number of sulfonamides is 1. The molecular formula is C26H23FN6O3S. The third-order valence-corrected chi connectivity index (χ3v) is 8.70. The second-order valence-corrected chi connectivity index (χ2v) is 11.1. The minimum Gasteiger partial charge on any atom is -0.308 e. The molecular weight excluding hydrogens is 495 g/mol. The second-order valence-electron chi connectivity index (χ2n) is 9.18. The number of benzene rings is 3. The first-order chi connectivity index (χ1) is 17.9. The number of hydrogen-bond acceptors (Lipinski definition) is 6. The first-order valence-electron chi connectivity index (χ1n) is 12.0. The quantitative estimate of drug-likeness (QED) is 0.381. The molecule has 1 saturated heterocycles. The minimum absolute atomic E-state index is 0.0990. The summed E-state index contributed by atoms with van der Waals surface area (Å²) in [5.41, 5.74) is 0.750. The van der Waals surface area contributed by atoms with E-state index in [0.717, 1.165) is 10.9 Å². The van der Waals surface area contributed by atoms with Crippen LogP contribution in [0, 0.1) is 5.82 Å². The standard InChI is InChI=1S/C26H23FN6O3S/c27-20-12-10-17(11-13-20)15-33-25-23(30-31-33)26(34)29-24(28-25)19-7-4-14-32(16-19)37(35,36)22-9-3-6-18-5-1-2-8-21(18)22/h1-3,5-6,8-13,19H,4,7,14-16H2,(H,28,29,34)/t19-/m0/s1. The summed E-state index contributed by atoms with van der Waals surface area (Å²) in [6, 6.07) is 18.7. The molecule has 2 aromatic heterocycles. The number of hydrogen-bond donors (Lipinski definition) is 1. The highest BCUT2D eigenvalue weighted by molar-refractivity contribution is 7.89. The largest absolute Gasteiger partial charge is 0.308 e. The fourth-order valence-electron chi connectivity index (χ4n) is 4.89. The summed E-state index contributed by atoms with van der Waals surface area (Å²) in [5, 5.41) is 9.57. The van der Waals surface area contributed by atoms with Gasteiger partial charge in [0, 0.05) is 24.4 Å². The van der Waals surface area contributed by atoms with E-state index in [1.165, 1.54) is 21.1 Å². The van der Waals surface area contributed by atoms with E-state index in [0.29, 0.717) is 36.2 Å². The zero-order valence-electron chi connectivity index (χ0n) is 19.7. The average Bonchev–Trinajstić information content (AvgIpc) is 3.33. The predicted octanol–water partition coefficient (Wildman–Crippen LogP) is 3.42. The Labute approximate surface area is 211 Å². The van der Waals surface area contributed by atoms with E-state index in [-0.39, 0.29) is 35.2 Å². The van der Waals surface area contributed by atoms with E-state index in [4.69, 9.17) is 0 Å². The third-order valence-electron chi connectivity index (χ3n) is 6.78. The van der Waals surface area contributed by atoms with Crippen molar-refractivity contribution in [1.29, 1.82) is 0 Å². The van der Waals surface area contributed by atoms with Gasteiger partial charge < -0.3 is 4.98 Å². The van der Waals surface area contributed by atoms with Crippen molar-refractivity contribution in [3.63, 3.8) is 0 Å². The van der Waals surface area contributed by atoms with Crippen LogP contribution in [0.5, 0.6) is 0 Å². The van der Waals surface area contributed by atoms with Crippen LogP contribution in [0.15, 0.2) is 76.4 Å². The van der Waals surface area contributed by atoms with Crippen LogP contribution in [0.2, 0.25) is 0 Å². The maximum atomic E-state index is 13.7. The van der Waals surface area contributed by atoms with Crippen molar-refractivity contribution in [3.05, 3.63) is 94.3 Å². The fraction of sp³-hybridized carbons (Fsp3) is 0.231. The van der Waals surface area contributed by atoms with Gasteiger partial charge in [-0.05, 0) is 42.0 Å². The lowest BCUT2D eigenvalue weighted by molar-refractivity contribution is 0.309. The van der Waals surface area contributed by atoms with Crippen molar-refractivity contribution in [3.8, 4) is 0 Å². The molecule has 1 aliphatic rings. The molecule has 1 atom stereocenters. The van der Waals surface area contributed by atoms with Crippen molar-refractivity contribution < 1.29 is 12.8 Å². The summed E-state index contributed by atoms with van der Waals surface area (Å²) >= 11 is 0. The third kappa shape index (κ3) is 4.30. The highest BCUT2D eigenvalue weighted by atomic mass is 32.2. The predicted molar refractivity (Wildman–Crippen MR) is 136 cm³/mol. The zero-order valence-corrected chi connectivity index (χ0v) is 20.5. The molecule has 11 heteroatoms. The van der Waals surface area contributed by atoms with Crippen LogP contribution in [-0.2, 0) is 16.6 Å². The molecule has 0 saturated carbocycles. The SMILES string of the molecule is O=c1[nH]c([C@H]2CCCN(S(=O)(=O)c3cccc4ccccc34)C2)nc2c1nnn2Cc1ccc(F)cc1. The minimum atomic E-state index is -3.77. The number of aromatic amines is 1. The van der Waals surface area contributed by atoms with Crippen molar-refractivity contribution in [2.45, 2.75) is 30.2 Å². The molecule has 0 spiro atoms. The number of nitrogens with one attached hydrogen (secondary N) is 1. The lowest BCUT2D eigenvalue weighted by Crippen LogP contribution is -2.40. The first-order valence-corrected chi connectivity index (χ1v) is 13.4. The Hall–Kier alpha value is -3.96. The molecule has 0 radical (unpaired) electrons. The Morgan fingerprint density at radius 2 is 1.81 bits per heavy atom. The fourth-order valence-corrected chi connectivity index (χ4v) is 6.63. The van der Waals surface area contributed by atoms with Gasteiger partial charge in [0.2, 0.25) is 10.0 Å². The highest BCUT2D eigenvalue weighted by Crippen LogP contribution is 2.31. The molecule has 1 aliphatic heterocycles. The van der Waals surface area contributed by atoms with Crippen molar-refractivity contribution in [2.24, 2.45) is 0 Å². The van der Waals surface area contributed by atoms with Gasteiger partial charge in [-0.25, -0.2) is 22.5 Å². The summed E-state index contributed by atoms with van der Waals surface area (Å²) in [4.78, 5) is 20.5. The number of H-pyrrole nitrogens is 1. The van der Waals surface area contributed by atoms with Gasteiger partial charge in [0.25, 0.3) is 5.56 Å². The van der Waals surface area contributed by atoms with Crippen LogP contribution in [0.3, 0.4) is 0 Å². The molecule has 5 aromatic rings. The van der Waals surface area contributed by atoms with Gasteiger partial charge in [0.15, 0.2) is 11.2 Å². The first kappa shape index (κ1) is 23.4. The Balaban J connectivity index is 1.33. The van der Waals surface area contributed by atoms with Gasteiger partial charge in [-0.15, -0.1) is 5.10 Å². The van der Waals surface area contributed by atoms with Crippen LogP contribution in [0.25, 0.3) is 21.9 Å². The molecule has 0 aliphatic carbocycles. The zero-order chi connectivity index (χ0) is 25.6. The van der Waals surface area contributed by atoms with Gasteiger partial charge in [0.05, 0.1) is 11.4 Å². The summed E-state index contributed by atoms with van der Waals surface area (Å²) in [6.07, 6.45) is 1.30. The molecule has 9 nitrogen and oxygen atoms in total. The summed E-state index contributed by atoms with van der Waals surface area (Å²) in [5.74, 6) is -0.243. The number of halogens is 1. The summed E-state index contributed by atoms with van der Waals surface area (Å²) < 4.78 is 43.6. The molecule has 0 amide bonds. The van der Waals surface area contributed by atoms with Crippen LogP contribution in [0.1, 0.15) is 30.1 Å². The molecule has 3 heterocycles. The molecule has 188 valence electrons. The van der Waals surface area contributed by atoms with Crippen LogP contribution in [0.4, 0.5) is 4.39 Å². The smallest absolute Gasteiger partial charge is 0.281 e. The molecule has 0 unspecified atom stereocenters. The monoisotopic (exact) mass is 518 g/mol. The summed E-state index contributed by atoms with van der Waals surface area (Å²) in [6.45, 7) is 0.844. The molecule has 37 heavy (non-hydrogen) atoms. The maximum absolute atomic E-state index is 13.7. The van der Waals surface area contributed by atoms with E-state index in [1.54, 1.807) is 24.3 Å². The molecule has 1 N–H and O–H groups in total. The summed E-state index contributed by atoms with van der Waals surface area (Å²) in [7, 11) is -3.77. The lowest BCUT2D eigenvalue weighted by Gasteiger charge is -2.31. The normalized spacial score (nSPS) is 16.9. The van der Waals surface area contributed by atoms with E-state index in [9.17, 15) is 17.6 Å². The van der Waals surface area contributed by atoms with E-state index < -0.39 is 15.6 Å². The van der Waals surface area contributed by atoms with Crippen molar-refractivity contribution in [2.75, 3.05) is 13.1 Å². The van der Waals surface area contributed by atoms with Crippen molar-refractivity contribution in [1.82, 2.24) is 29.3 Å². The topological polar surface area (TPSA) is 114 Å². The second kappa shape index (κ2) is 9.16. The maximum Gasteiger partial charge on any atom is 0.281 e. The van der Waals surface area contributed by atoms with Crippen LogP contribution in [-0.4, -0.2) is 50.8 Å². The molecule has 1 fully saturated rings. The van der Waals surface area contributed by atoms with E-state index >= 15 is 0 Å². The van der Waals surface area contributed by atoms with Gasteiger partial charge in [-0.2, -0.15) is 4.31 Å². The van der Waals surface area contributed by atoms with Gasteiger partial charge >= 0.3 is 0 Å². The van der Waals surface area contributed by atoms with Gasteiger partial charge in [0.1, 0.15) is 11.6 Å².